The van der Waals surface area contributed by atoms with Crippen molar-refractivity contribution in [2.45, 2.75) is 59.0 Å². The SMILES string of the molecule is CCCCC(CC)C(O)C(C)CCOC. The molecule has 92 valence electrons. The highest BCUT2D eigenvalue weighted by molar-refractivity contribution is 4.73. The van der Waals surface area contributed by atoms with Crippen LogP contribution < -0.4 is 0 Å². The van der Waals surface area contributed by atoms with Crippen molar-refractivity contribution in [3.63, 3.8) is 0 Å². The zero-order valence-electron chi connectivity index (χ0n) is 10.8. The molecule has 0 fully saturated rings. The van der Waals surface area contributed by atoms with Gasteiger partial charge in [0.2, 0.25) is 0 Å². The smallest absolute Gasteiger partial charge is 0.0594 e. The third-order valence-electron chi connectivity index (χ3n) is 3.30. The van der Waals surface area contributed by atoms with Crippen molar-refractivity contribution in [2.24, 2.45) is 11.8 Å². The standard InChI is InChI=1S/C13H28O2/c1-5-7-8-12(6-2)13(14)11(3)9-10-15-4/h11-14H,5-10H2,1-4H3. The van der Waals surface area contributed by atoms with Crippen molar-refractivity contribution >= 4 is 0 Å². The summed E-state index contributed by atoms with van der Waals surface area (Å²) >= 11 is 0. The molecule has 0 aliphatic rings. The van der Waals surface area contributed by atoms with Crippen molar-refractivity contribution in [1.82, 2.24) is 0 Å². The molecule has 0 spiro atoms. The molecule has 0 amide bonds. The minimum atomic E-state index is -0.156. The highest BCUT2D eigenvalue weighted by Gasteiger charge is 2.22. The minimum absolute atomic E-state index is 0.156. The topological polar surface area (TPSA) is 29.5 Å². The van der Waals surface area contributed by atoms with E-state index in [0.717, 1.165) is 25.9 Å². The first-order valence-electron chi connectivity index (χ1n) is 6.34. The van der Waals surface area contributed by atoms with E-state index in [1.54, 1.807) is 7.11 Å². The van der Waals surface area contributed by atoms with Gasteiger partial charge in [-0.2, -0.15) is 0 Å². The Balaban J connectivity index is 3.93. The molecule has 2 heteroatoms. The Bertz CT molecular complexity index is 136. The molecule has 0 rings (SSSR count). The maximum Gasteiger partial charge on any atom is 0.0594 e. The summed E-state index contributed by atoms with van der Waals surface area (Å²) in [6.07, 6.45) is 5.49. The van der Waals surface area contributed by atoms with Gasteiger partial charge in [0, 0.05) is 13.7 Å². The number of hydrogen-bond donors (Lipinski definition) is 1. The molecule has 15 heavy (non-hydrogen) atoms. The first-order chi connectivity index (χ1) is 7.17. The molecule has 0 saturated heterocycles. The van der Waals surface area contributed by atoms with Gasteiger partial charge in [0.1, 0.15) is 0 Å². The van der Waals surface area contributed by atoms with Crippen molar-refractivity contribution in [3.05, 3.63) is 0 Å². The second-order valence-electron chi connectivity index (χ2n) is 4.56. The highest BCUT2D eigenvalue weighted by atomic mass is 16.5. The third-order valence-corrected chi connectivity index (χ3v) is 3.30. The van der Waals surface area contributed by atoms with Crippen LogP contribution in [0.2, 0.25) is 0 Å². The first kappa shape index (κ1) is 14.9. The van der Waals surface area contributed by atoms with Gasteiger partial charge >= 0.3 is 0 Å². The second-order valence-corrected chi connectivity index (χ2v) is 4.56. The van der Waals surface area contributed by atoms with E-state index in [9.17, 15) is 5.11 Å². The zero-order chi connectivity index (χ0) is 11.7. The molecular weight excluding hydrogens is 188 g/mol. The van der Waals surface area contributed by atoms with E-state index in [1.807, 2.05) is 0 Å². The van der Waals surface area contributed by atoms with Gasteiger partial charge in [-0.1, -0.05) is 40.0 Å². The van der Waals surface area contributed by atoms with Crippen LogP contribution >= 0.6 is 0 Å². The summed E-state index contributed by atoms with van der Waals surface area (Å²) in [6, 6.07) is 0. The van der Waals surface area contributed by atoms with Gasteiger partial charge in [0.05, 0.1) is 6.10 Å². The fourth-order valence-electron chi connectivity index (χ4n) is 2.02. The van der Waals surface area contributed by atoms with Crippen molar-refractivity contribution in [1.29, 1.82) is 0 Å². The molecule has 0 aliphatic heterocycles. The van der Waals surface area contributed by atoms with Crippen LogP contribution in [0, 0.1) is 11.8 Å². The average molecular weight is 216 g/mol. The Morgan fingerprint density at radius 3 is 2.33 bits per heavy atom. The van der Waals surface area contributed by atoms with Gasteiger partial charge in [0.25, 0.3) is 0 Å². The molecule has 0 bridgehead atoms. The molecule has 0 heterocycles. The third kappa shape index (κ3) is 6.16. The summed E-state index contributed by atoms with van der Waals surface area (Å²) in [5, 5.41) is 10.2. The quantitative estimate of drug-likeness (QED) is 0.641. The summed E-state index contributed by atoms with van der Waals surface area (Å²) in [5.74, 6) is 0.823. The van der Waals surface area contributed by atoms with Crippen molar-refractivity contribution in [3.8, 4) is 0 Å². The Kier molecular flexibility index (Phi) is 9.12. The maximum absolute atomic E-state index is 10.2. The van der Waals surface area contributed by atoms with Crippen LogP contribution in [0.3, 0.4) is 0 Å². The lowest BCUT2D eigenvalue weighted by Crippen LogP contribution is -2.28. The number of aliphatic hydroxyl groups excluding tert-OH is 1. The Morgan fingerprint density at radius 1 is 1.20 bits per heavy atom. The molecule has 0 aromatic carbocycles. The van der Waals surface area contributed by atoms with E-state index in [0.29, 0.717) is 11.8 Å². The van der Waals surface area contributed by atoms with Crippen LogP contribution in [0.25, 0.3) is 0 Å². The Labute approximate surface area is 95.0 Å². The number of hydrogen-bond acceptors (Lipinski definition) is 2. The van der Waals surface area contributed by atoms with Crippen LogP contribution in [-0.2, 0) is 4.74 Å². The molecule has 0 radical (unpaired) electrons. The highest BCUT2D eigenvalue weighted by Crippen LogP contribution is 2.23. The summed E-state index contributed by atoms with van der Waals surface area (Å²) < 4.78 is 5.05. The van der Waals surface area contributed by atoms with Gasteiger partial charge in [-0.05, 0) is 24.7 Å². The van der Waals surface area contributed by atoms with E-state index in [2.05, 4.69) is 20.8 Å². The van der Waals surface area contributed by atoms with Crippen LogP contribution in [0.1, 0.15) is 52.9 Å². The van der Waals surface area contributed by atoms with Crippen molar-refractivity contribution in [2.75, 3.05) is 13.7 Å². The zero-order valence-corrected chi connectivity index (χ0v) is 10.8. The molecule has 1 N–H and O–H groups in total. The summed E-state index contributed by atoms with van der Waals surface area (Å²) in [4.78, 5) is 0. The predicted molar refractivity (Wildman–Crippen MR) is 65.0 cm³/mol. The molecule has 3 unspecified atom stereocenters. The largest absolute Gasteiger partial charge is 0.393 e. The van der Waals surface area contributed by atoms with E-state index in [-0.39, 0.29) is 6.10 Å². The summed E-state index contributed by atoms with van der Waals surface area (Å²) in [6.45, 7) is 7.25. The van der Waals surface area contributed by atoms with Crippen LogP contribution in [0.5, 0.6) is 0 Å². The van der Waals surface area contributed by atoms with Gasteiger partial charge in [-0.15, -0.1) is 0 Å². The number of aliphatic hydroxyl groups is 1. The van der Waals surface area contributed by atoms with Crippen molar-refractivity contribution < 1.29 is 9.84 Å². The van der Waals surface area contributed by atoms with E-state index >= 15 is 0 Å². The second kappa shape index (κ2) is 9.17. The monoisotopic (exact) mass is 216 g/mol. The number of methoxy groups -OCH3 is 1. The van der Waals surface area contributed by atoms with Gasteiger partial charge < -0.3 is 9.84 Å². The lowest BCUT2D eigenvalue weighted by atomic mass is 9.85. The van der Waals surface area contributed by atoms with Gasteiger partial charge in [-0.25, -0.2) is 0 Å². The normalized spacial score (nSPS) is 17.4. The molecule has 0 aromatic heterocycles. The predicted octanol–water partition coefficient (Wildman–Crippen LogP) is 3.24. The summed E-state index contributed by atoms with van der Waals surface area (Å²) in [7, 11) is 1.72. The maximum atomic E-state index is 10.2. The van der Waals surface area contributed by atoms with Gasteiger partial charge in [0.15, 0.2) is 0 Å². The average Bonchev–Trinajstić information content (AvgIpc) is 2.26. The fourth-order valence-corrected chi connectivity index (χ4v) is 2.02. The number of ether oxygens (including phenoxy) is 1. The molecular formula is C13H28O2. The Hall–Kier alpha value is -0.0800. The van der Waals surface area contributed by atoms with Gasteiger partial charge in [-0.3, -0.25) is 0 Å². The van der Waals surface area contributed by atoms with E-state index in [1.165, 1.54) is 12.8 Å². The molecule has 0 aromatic rings. The molecule has 0 saturated carbocycles. The number of unbranched alkanes of at least 4 members (excludes halogenated alkanes) is 1. The summed E-state index contributed by atoms with van der Waals surface area (Å²) in [5.41, 5.74) is 0. The lowest BCUT2D eigenvalue weighted by molar-refractivity contribution is 0.0356. The molecule has 3 atom stereocenters. The Morgan fingerprint density at radius 2 is 1.87 bits per heavy atom. The van der Waals surface area contributed by atoms with Crippen LogP contribution in [0.15, 0.2) is 0 Å². The number of rotatable bonds is 9. The first-order valence-corrected chi connectivity index (χ1v) is 6.34. The van der Waals surface area contributed by atoms with E-state index < -0.39 is 0 Å². The van der Waals surface area contributed by atoms with E-state index in [4.69, 9.17) is 4.74 Å². The fraction of sp³-hybridized carbons (Fsp3) is 1.00. The van der Waals surface area contributed by atoms with Crippen LogP contribution in [0.4, 0.5) is 0 Å². The minimum Gasteiger partial charge on any atom is -0.393 e. The van der Waals surface area contributed by atoms with Crippen LogP contribution in [-0.4, -0.2) is 24.9 Å². The molecule has 2 nitrogen and oxygen atoms in total. The lowest BCUT2D eigenvalue weighted by Gasteiger charge is -2.26. The molecule has 0 aliphatic carbocycles.